The molecule has 30 heavy (non-hydrogen) atoms. The number of rotatable bonds is 10. The molecular weight excluding hydrogens is 420 g/mol. The zero-order valence-electron chi connectivity index (χ0n) is 19.2. The summed E-state index contributed by atoms with van der Waals surface area (Å²) in [5.74, 6) is -0.00956. The summed E-state index contributed by atoms with van der Waals surface area (Å²) in [5.41, 5.74) is 2.02. The van der Waals surface area contributed by atoms with Gasteiger partial charge in [0.25, 0.3) is 8.32 Å². The molecule has 0 unspecified atom stereocenters. The number of methoxy groups -OCH3 is 1. The molecule has 8 heteroatoms. The van der Waals surface area contributed by atoms with Crippen LogP contribution in [0.4, 0.5) is 0 Å². The van der Waals surface area contributed by atoms with Gasteiger partial charge in [-0.1, -0.05) is 53.7 Å². The highest BCUT2D eigenvalue weighted by atomic mass is 32.2. The largest absolute Gasteiger partial charge is 0.543 e. The van der Waals surface area contributed by atoms with Gasteiger partial charge in [0.1, 0.15) is 10.5 Å². The molecule has 2 rings (SSSR count). The standard InChI is InChI=1S/C22H36O6SSi/c1-16(2)30(17(3)4,18(5)6)28-20-10-8-19(9-11-20)22(14-27-15-22)29(24,25)13-12-21(23)26-7/h8-11,16-18H,12-15H2,1-7H3. The molecule has 1 aliphatic rings. The van der Waals surface area contributed by atoms with Crippen LogP contribution in [-0.4, -0.2) is 48.8 Å². The number of carbonyl (C=O) groups is 1. The Morgan fingerprint density at radius 3 is 1.90 bits per heavy atom. The molecular formula is C22H36O6SSi. The monoisotopic (exact) mass is 456 g/mol. The van der Waals surface area contributed by atoms with E-state index in [1.807, 2.05) is 24.3 Å². The molecule has 170 valence electrons. The van der Waals surface area contributed by atoms with Crippen molar-refractivity contribution in [2.75, 3.05) is 26.1 Å². The van der Waals surface area contributed by atoms with Crippen LogP contribution in [0.15, 0.2) is 24.3 Å². The topological polar surface area (TPSA) is 78.9 Å². The number of ether oxygens (including phenoxy) is 2. The summed E-state index contributed by atoms with van der Waals surface area (Å²) in [6, 6.07) is 7.40. The third kappa shape index (κ3) is 4.45. The van der Waals surface area contributed by atoms with Gasteiger partial charge in [0.15, 0.2) is 9.84 Å². The Morgan fingerprint density at radius 2 is 1.53 bits per heavy atom. The minimum atomic E-state index is -3.59. The normalized spacial score (nSPS) is 16.6. The average molecular weight is 457 g/mol. The molecule has 1 fully saturated rings. The van der Waals surface area contributed by atoms with Gasteiger partial charge in [0.2, 0.25) is 0 Å². The van der Waals surface area contributed by atoms with Crippen LogP contribution >= 0.6 is 0 Å². The van der Waals surface area contributed by atoms with Crippen LogP contribution < -0.4 is 4.43 Å². The maximum absolute atomic E-state index is 13.0. The maximum Gasteiger partial charge on any atom is 0.306 e. The number of benzene rings is 1. The van der Waals surface area contributed by atoms with Gasteiger partial charge in [-0.05, 0) is 34.3 Å². The summed E-state index contributed by atoms with van der Waals surface area (Å²) >= 11 is 0. The fourth-order valence-corrected chi connectivity index (χ4v) is 11.8. The van der Waals surface area contributed by atoms with Crippen LogP contribution in [0.25, 0.3) is 0 Å². The fraction of sp³-hybridized carbons (Fsp3) is 0.682. The molecule has 1 saturated heterocycles. The minimum Gasteiger partial charge on any atom is -0.543 e. The van der Waals surface area contributed by atoms with Crippen LogP contribution in [0.5, 0.6) is 5.75 Å². The zero-order chi connectivity index (χ0) is 22.7. The minimum absolute atomic E-state index is 0.0966. The predicted octanol–water partition coefficient (Wildman–Crippen LogP) is 4.44. The second-order valence-corrected chi connectivity index (χ2v) is 16.9. The number of esters is 1. The van der Waals surface area contributed by atoms with E-state index in [9.17, 15) is 13.2 Å². The van der Waals surface area contributed by atoms with Gasteiger partial charge in [-0.15, -0.1) is 0 Å². The van der Waals surface area contributed by atoms with Crippen molar-refractivity contribution in [1.82, 2.24) is 0 Å². The lowest BCUT2D eigenvalue weighted by atomic mass is 9.96. The van der Waals surface area contributed by atoms with Crippen molar-refractivity contribution in [3.63, 3.8) is 0 Å². The summed E-state index contributed by atoms with van der Waals surface area (Å²) in [7, 11) is -4.42. The van der Waals surface area contributed by atoms with E-state index >= 15 is 0 Å². The van der Waals surface area contributed by atoms with Gasteiger partial charge in [-0.3, -0.25) is 4.79 Å². The highest BCUT2D eigenvalue weighted by molar-refractivity contribution is 7.92. The Labute approximate surface area is 182 Å². The molecule has 0 aliphatic carbocycles. The van der Waals surface area contributed by atoms with E-state index < -0.39 is 28.9 Å². The quantitative estimate of drug-likeness (QED) is 0.382. The first-order chi connectivity index (χ1) is 13.9. The van der Waals surface area contributed by atoms with E-state index in [0.29, 0.717) is 22.2 Å². The van der Waals surface area contributed by atoms with Crippen molar-refractivity contribution < 1.29 is 27.1 Å². The van der Waals surface area contributed by atoms with Gasteiger partial charge < -0.3 is 13.9 Å². The average Bonchev–Trinajstić information content (AvgIpc) is 2.63. The molecule has 0 spiro atoms. The zero-order valence-corrected chi connectivity index (χ0v) is 21.0. The van der Waals surface area contributed by atoms with E-state index in [0.717, 1.165) is 5.75 Å². The molecule has 1 aromatic carbocycles. The van der Waals surface area contributed by atoms with Gasteiger partial charge in [0, 0.05) is 0 Å². The highest BCUT2D eigenvalue weighted by Gasteiger charge is 2.52. The van der Waals surface area contributed by atoms with Crippen molar-refractivity contribution in [1.29, 1.82) is 0 Å². The lowest BCUT2D eigenvalue weighted by molar-refractivity contribution is -0.140. The van der Waals surface area contributed by atoms with Gasteiger partial charge in [-0.25, -0.2) is 8.42 Å². The first kappa shape index (κ1) is 24.9. The Balaban J connectivity index is 2.30. The lowest BCUT2D eigenvalue weighted by Crippen LogP contribution is -2.54. The van der Waals surface area contributed by atoms with Crippen LogP contribution in [-0.2, 0) is 28.9 Å². The number of sulfone groups is 1. The Kier molecular flexibility index (Phi) is 7.80. The van der Waals surface area contributed by atoms with Crippen LogP contribution in [0.2, 0.25) is 16.6 Å². The summed E-state index contributed by atoms with van der Waals surface area (Å²) in [6.45, 7) is 13.6. The molecule has 6 nitrogen and oxygen atoms in total. The summed E-state index contributed by atoms with van der Waals surface area (Å²) < 4.78 is 41.5. The Bertz CT molecular complexity index is 804. The van der Waals surface area contributed by atoms with E-state index in [-0.39, 0.29) is 25.4 Å². The van der Waals surface area contributed by atoms with E-state index in [2.05, 4.69) is 46.3 Å². The van der Waals surface area contributed by atoms with Crippen molar-refractivity contribution >= 4 is 24.1 Å². The second-order valence-electron chi connectivity index (χ2n) is 9.08. The third-order valence-electron chi connectivity index (χ3n) is 6.45. The van der Waals surface area contributed by atoms with E-state index in [4.69, 9.17) is 9.16 Å². The first-order valence-electron chi connectivity index (χ1n) is 10.6. The lowest BCUT2D eigenvalue weighted by Gasteiger charge is -2.43. The van der Waals surface area contributed by atoms with Gasteiger partial charge >= 0.3 is 5.97 Å². The molecule has 1 aromatic rings. The Morgan fingerprint density at radius 1 is 1.03 bits per heavy atom. The molecule has 0 N–H and O–H groups in total. The smallest absolute Gasteiger partial charge is 0.306 e. The SMILES string of the molecule is COC(=O)CCS(=O)(=O)C1(c2ccc(O[Si](C(C)C)(C(C)C)C(C)C)cc2)COC1. The fourth-order valence-electron chi connectivity index (χ4n) is 4.71. The van der Waals surface area contributed by atoms with E-state index in [1.54, 1.807) is 0 Å². The summed E-state index contributed by atoms with van der Waals surface area (Å²) in [5, 5.41) is 0. The molecule has 1 aliphatic heterocycles. The maximum atomic E-state index is 13.0. The third-order valence-corrected chi connectivity index (χ3v) is 14.9. The molecule has 0 aromatic heterocycles. The molecule has 1 heterocycles. The second kappa shape index (κ2) is 9.40. The van der Waals surface area contributed by atoms with Gasteiger partial charge in [0.05, 0.1) is 32.5 Å². The summed E-state index contributed by atoms with van der Waals surface area (Å²) in [6.07, 6.45) is -0.160. The molecule has 0 amide bonds. The van der Waals surface area contributed by atoms with Crippen molar-refractivity contribution in [3.8, 4) is 5.75 Å². The highest BCUT2D eigenvalue weighted by Crippen LogP contribution is 2.44. The predicted molar refractivity (Wildman–Crippen MR) is 121 cm³/mol. The number of hydrogen-bond acceptors (Lipinski definition) is 6. The number of hydrogen-bond donors (Lipinski definition) is 0. The first-order valence-corrected chi connectivity index (χ1v) is 14.4. The van der Waals surface area contributed by atoms with Crippen molar-refractivity contribution in [3.05, 3.63) is 29.8 Å². The van der Waals surface area contributed by atoms with Gasteiger partial charge in [-0.2, -0.15) is 0 Å². The molecule has 0 bridgehead atoms. The van der Waals surface area contributed by atoms with Crippen LogP contribution in [0, 0.1) is 0 Å². The van der Waals surface area contributed by atoms with Crippen LogP contribution in [0.1, 0.15) is 53.5 Å². The van der Waals surface area contributed by atoms with E-state index in [1.165, 1.54) is 7.11 Å². The molecule has 0 saturated carbocycles. The molecule has 0 radical (unpaired) electrons. The number of carbonyl (C=O) groups excluding carboxylic acids is 1. The molecule has 0 atom stereocenters. The summed E-state index contributed by atoms with van der Waals surface area (Å²) in [4.78, 5) is 11.4. The van der Waals surface area contributed by atoms with Crippen molar-refractivity contribution in [2.24, 2.45) is 0 Å². The van der Waals surface area contributed by atoms with Crippen LogP contribution in [0.3, 0.4) is 0 Å². The van der Waals surface area contributed by atoms with Crippen molar-refractivity contribution in [2.45, 2.75) is 69.3 Å². The Hall–Kier alpha value is -1.38.